The van der Waals surface area contributed by atoms with Crippen LogP contribution < -0.4 is 0 Å². The third-order valence-electron chi connectivity index (χ3n) is 2.60. The van der Waals surface area contributed by atoms with Gasteiger partial charge in [-0.05, 0) is 20.8 Å². The van der Waals surface area contributed by atoms with Crippen molar-refractivity contribution in [2.24, 2.45) is 0 Å². The number of nitrogens with zero attached hydrogens (tertiary/aromatic N) is 1. The fraction of sp³-hybridized carbons (Fsp3) is 0.818. The van der Waals surface area contributed by atoms with Crippen LogP contribution in [0.2, 0.25) is 0 Å². The molecule has 1 fully saturated rings. The van der Waals surface area contributed by atoms with Crippen LogP contribution in [-0.2, 0) is 14.3 Å². The number of likely N-dealkylation sites (tertiary alicyclic amines) is 1. The summed E-state index contributed by atoms with van der Waals surface area (Å²) in [7, 11) is 1.35. The molecule has 0 radical (unpaired) electrons. The average Bonchev–Trinajstić information content (AvgIpc) is 2.52. The Morgan fingerprint density at radius 3 is 2.28 bits per heavy atom. The molecule has 1 aliphatic rings. The van der Waals surface area contributed by atoms with E-state index < -0.39 is 35.9 Å². The van der Waals surface area contributed by atoms with Crippen LogP contribution >= 0.6 is 0 Å². The molecule has 1 aliphatic heterocycles. The van der Waals surface area contributed by atoms with E-state index in [4.69, 9.17) is 14.6 Å². The first kappa shape index (κ1) is 14.7. The summed E-state index contributed by atoms with van der Waals surface area (Å²) in [4.78, 5) is 23.9. The van der Waals surface area contributed by atoms with Gasteiger partial charge in [0.2, 0.25) is 0 Å². The second-order valence-corrected chi connectivity index (χ2v) is 5.18. The predicted molar refractivity (Wildman–Crippen MR) is 61.2 cm³/mol. The zero-order valence-corrected chi connectivity index (χ0v) is 10.9. The number of hydrogen-bond acceptors (Lipinski definition) is 5. The summed E-state index contributed by atoms with van der Waals surface area (Å²) in [6, 6.07) is -1.34. The summed E-state index contributed by atoms with van der Waals surface area (Å²) in [5, 5.41) is 18.8. The SMILES string of the molecule is CO[C@@H]1CN(C(=O)OC(C)(C)C)[C@H](C(=O)O)[C@H]1O. The molecule has 7 heteroatoms. The third-order valence-corrected chi connectivity index (χ3v) is 2.60. The predicted octanol–water partition coefficient (Wildman–Crippen LogP) is 0.0662. The largest absolute Gasteiger partial charge is 0.480 e. The monoisotopic (exact) mass is 261 g/mol. The molecule has 2 N–H and O–H groups in total. The number of carbonyl (C=O) groups is 2. The Hall–Kier alpha value is -1.34. The highest BCUT2D eigenvalue weighted by Crippen LogP contribution is 2.23. The molecule has 3 atom stereocenters. The van der Waals surface area contributed by atoms with Crippen molar-refractivity contribution in [3.05, 3.63) is 0 Å². The van der Waals surface area contributed by atoms with Crippen LogP contribution in [0.25, 0.3) is 0 Å². The first-order valence-corrected chi connectivity index (χ1v) is 5.60. The molecule has 0 aromatic heterocycles. The van der Waals surface area contributed by atoms with E-state index in [1.54, 1.807) is 20.8 Å². The van der Waals surface area contributed by atoms with Crippen molar-refractivity contribution in [3.8, 4) is 0 Å². The third kappa shape index (κ3) is 3.11. The molecule has 1 amide bonds. The Morgan fingerprint density at radius 2 is 1.89 bits per heavy atom. The van der Waals surface area contributed by atoms with Gasteiger partial charge in [-0.15, -0.1) is 0 Å². The zero-order valence-electron chi connectivity index (χ0n) is 10.9. The normalized spacial score (nSPS) is 28.3. The molecule has 1 heterocycles. The number of amides is 1. The van der Waals surface area contributed by atoms with Crippen LogP contribution in [-0.4, -0.2) is 64.7 Å². The van der Waals surface area contributed by atoms with Gasteiger partial charge in [0.15, 0.2) is 6.04 Å². The highest BCUT2D eigenvalue weighted by atomic mass is 16.6. The lowest BCUT2D eigenvalue weighted by atomic mass is 10.1. The Kier molecular flexibility index (Phi) is 4.18. The van der Waals surface area contributed by atoms with E-state index in [2.05, 4.69) is 0 Å². The average molecular weight is 261 g/mol. The number of carbonyl (C=O) groups excluding carboxylic acids is 1. The number of carboxylic acid groups (broad SMARTS) is 1. The quantitative estimate of drug-likeness (QED) is 0.730. The molecule has 7 nitrogen and oxygen atoms in total. The Morgan fingerprint density at radius 1 is 1.33 bits per heavy atom. The van der Waals surface area contributed by atoms with Crippen LogP contribution in [0.3, 0.4) is 0 Å². The molecule has 0 spiro atoms. The van der Waals surface area contributed by atoms with Crippen LogP contribution in [0, 0.1) is 0 Å². The molecule has 0 aliphatic carbocycles. The summed E-state index contributed by atoms with van der Waals surface area (Å²) in [5.41, 5.74) is -0.726. The van der Waals surface area contributed by atoms with E-state index in [-0.39, 0.29) is 6.54 Å². The van der Waals surface area contributed by atoms with Crippen molar-refractivity contribution in [1.29, 1.82) is 0 Å². The molecule has 0 unspecified atom stereocenters. The van der Waals surface area contributed by atoms with Crippen LogP contribution in [0.5, 0.6) is 0 Å². The highest BCUT2D eigenvalue weighted by molar-refractivity contribution is 5.81. The fourth-order valence-corrected chi connectivity index (χ4v) is 1.81. The van der Waals surface area contributed by atoms with Crippen LogP contribution in [0.15, 0.2) is 0 Å². The van der Waals surface area contributed by atoms with Crippen LogP contribution in [0.4, 0.5) is 4.79 Å². The highest BCUT2D eigenvalue weighted by Gasteiger charge is 2.48. The smallest absolute Gasteiger partial charge is 0.411 e. The maximum absolute atomic E-state index is 11.9. The van der Waals surface area contributed by atoms with Gasteiger partial charge in [0.25, 0.3) is 0 Å². The van der Waals surface area contributed by atoms with Gasteiger partial charge in [0.05, 0.1) is 6.54 Å². The van der Waals surface area contributed by atoms with Gasteiger partial charge in [0, 0.05) is 7.11 Å². The fourth-order valence-electron chi connectivity index (χ4n) is 1.81. The van der Waals surface area contributed by atoms with E-state index in [1.807, 2.05) is 0 Å². The first-order chi connectivity index (χ1) is 8.17. The van der Waals surface area contributed by atoms with E-state index in [0.717, 1.165) is 4.90 Å². The maximum Gasteiger partial charge on any atom is 0.411 e. The number of rotatable bonds is 2. The molecule has 1 saturated heterocycles. The standard InChI is InChI=1S/C11H19NO6/c1-11(2,3)18-10(16)12-5-6(17-4)8(13)7(12)9(14)15/h6-8,13H,5H2,1-4H3,(H,14,15)/t6-,7+,8+/m1/s1. The molecule has 0 aromatic rings. The minimum atomic E-state index is -1.34. The van der Waals surface area contributed by atoms with Gasteiger partial charge in [-0.3, -0.25) is 4.90 Å². The van der Waals surface area contributed by atoms with Crippen molar-refractivity contribution >= 4 is 12.1 Å². The Bertz CT molecular complexity index is 337. The van der Waals surface area contributed by atoms with Crippen molar-refractivity contribution < 1.29 is 29.3 Å². The van der Waals surface area contributed by atoms with E-state index in [1.165, 1.54) is 7.11 Å². The summed E-state index contributed by atoms with van der Waals surface area (Å²) in [6.45, 7) is 5.03. The van der Waals surface area contributed by atoms with E-state index in [0.29, 0.717) is 0 Å². The number of hydrogen-bond donors (Lipinski definition) is 2. The molecule has 0 saturated carbocycles. The lowest BCUT2D eigenvalue weighted by molar-refractivity contribution is -0.145. The first-order valence-electron chi connectivity index (χ1n) is 5.60. The summed E-state index contributed by atoms with van der Waals surface area (Å²) >= 11 is 0. The zero-order chi connectivity index (χ0) is 14.1. The second kappa shape index (κ2) is 5.11. The topological polar surface area (TPSA) is 96.3 Å². The molecule has 0 aromatic carbocycles. The molecule has 104 valence electrons. The van der Waals surface area contributed by atoms with E-state index in [9.17, 15) is 14.7 Å². The number of methoxy groups -OCH3 is 1. The van der Waals surface area contributed by atoms with Gasteiger partial charge in [-0.1, -0.05) is 0 Å². The number of aliphatic carboxylic acids is 1. The summed E-state index contributed by atoms with van der Waals surface area (Å²) in [6.07, 6.45) is -2.76. The molecule has 1 rings (SSSR count). The minimum Gasteiger partial charge on any atom is -0.480 e. The lowest BCUT2D eigenvalue weighted by Gasteiger charge is -2.27. The van der Waals surface area contributed by atoms with E-state index >= 15 is 0 Å². The van der Waals surface area contributed by atoms with Crippen molar-refractivity contribution in [3.63, 3.8) is 0 Å². The van der Waals surface area contributed by atoms with Crippen molar-refractivity contribution in [2.75, 3.05) is 13.7 Å². The van der Waals surface area contributed by atoms with Gasteiger partial charge < -0.3 is 19.7 Å². The van der Waals surface area contributed by atoms with Crippen molar-refractivity contribution in [1.82, 2.24) is 4.90 Å². The number of aliphatic hydroxyl groups is 1. The van der Waals surface area contributed by atoms with Gasteiger partial charge in [-0.2, -0.15) is 0 Å². The molecule has 0 bridgehead atoms. The summed E-state index contributed by atoms with van der Waals surface area (Å²) in [5.74, 6) is -1.28. The van der Waals surface area contributed by atoms with Gasteiger partial charge in [-0.25, -0.2) is 9.59 Å². The molecular weight excluding hydrogens is 242 g/mol. The van der Waals surface area contributed by atoms with Gasteiger partial charge in [0.1, 0.15) is 17.8 Å². The van der Waals surface area contributed by atoms with Crippen LogP contribution in [0.1, 0.15) is 20.8 Å². The second-order valence-electron chi connectivity index (χ2n) is 5.18. The molecule has 18 heavy (non-hydrogen) atoms. The Balaban J connectivity index is 2.86. The van der Waals surface area contributed by atoms with Gasteiger partial charge >= 0.3 is 12.1 Å². The minimum absolute atomic E-state index is 0.0104. The number of aliphatic hydroxyl groups excluding tert-OH is 1. The number of ether oxygens (including phenoxy) is 2. The maximum atomic E-state index is 11.9. The molecular formula is C11H19NO6. The summed E-state index contributed by atoms with van der Waals surface area (Å²) < 4.78 is 10.1. The lowest BCUT2D eigenvalue weighted by Crippen LogP contribution is -2.47. The van der Waals surface area contributed by atoms with Crippen molar-refractivity contribution in [2.45, 2.75) is 44.6 Å². The Labute approximate surface area is 105 Å². The number of carboxylic acids is 1.